The summed E-state index contributed by atoms with van der Waals surface area (Å²) in [6, 6.07) is 6.23. The fourth-order valence-corrected chi connectivity index (χ4v) is 2.06. The lowest BCUT2D eigenvalue weighted by Crippen LogP contribution is -2.35. The van der Waals surface area contributed by atoms with Gasteiger partial charge in [-0.15, -0.1) is 0 Å². The van der Waals surface area contributed by atoms with Gasteiger partial charge in [-0.2, -0.15) is 0 Å². The van der Waals surface area contributed by atoms with Gasteiger partial charge in [-0.25, -0.2) is 9.37 Å². The van der Waals surface area contributed by atoms with E-state index in [0.717, 1.165) is 11.4 Å². The van der Waals surface area contributed by atoms with E-state index in [1.54, 1.807) is 18.3 Å². The zero-order chi connectivity index (χ0) is 13.3. The van der Waals surface area contributed by atoms with E-state index in [9.17, 15) is 4.39 Å². The van der Waals surface area contributed by atoms with Gasteiger partial charge in [0, 0.05) is 24.9 Å². The molecule has 0 amide bonds. The first-order valence-corrected chi connectivity index (χ1v) is 5.92. The summed E-state index contributed by atoms with van der Waals surface area (Å²) in [6.45, 7) is 4.08. The van der Waals surface area contributed by atoms with Crippen LogP contribution in [-0.2, 0) is 12.5 Å². The van der Waals surface area contributed by atoms with Crippen molar-refractivity contribution >= 4 is 0 Å². The van der Waals surface area contributed by atoms with Crippen molar-refractivity contribution in [2.24, 2.45) is 12.8 Å². The summed E-state index contributed by atoms with van der Waals surface area (Å²) in [5.41, 5.74) is 7.00. The van der Waals surface area contributed by atoms with Crippen LogP contribution in [0.15, 0.2) is 36.7 Å². The molecule has 3 nitrogen and oxygen atoms in total. The van der Waals surface area contributed by atoms with E-state index in [-0.39, 0.29) is 17.3 Å². The van der Waals surface area contributed by atoms with Crippen molar-refractivity contribution in [3.05, 3.63) is 53.9 Å². The first-order chi connectivity index (χ1) is 8.43. The summed E-state index contributed by atoms with van der Waals surface area (Å²) in [6.07, 6.45) is 3.60. The van der Waals surface area contributed by atoms with Crippen LogP contribution in [0.1, 0.15) is 31.3 Å². The monoisotopic (exact) mass is 247 g/mol. The van der Waals surface area contributed by atoms with E-state index in [4.69, 9.17) is 5.73 Å². The zero-order valence-corrected chi connectivity index (χ0v) is 10.9. The lowest BCUT2D eigenvalue weighted by molar-refractivity contribution is 0.396. The maximum Gasteiger partial charge on any atom is 0.126 e. The fourth-order valence-electron chi connectivity index (χ4n) is 2.06. The molecule has 0 saturated heterocycles. The molecule has 0 saturated carbocycles. The number of nitrogens with two attached hydrogens (primary N) is 1. The number of hydrogen-bond donors (Lipinski definition) is 1. The first kappa shape index (κ1) is 12.8. The zero-order valence-electron chi connectivity index (χ0n) is 10.9. The van der Waals surface area contributed by atoms with Crippen molar-refractivity contribution in [2.45, 2.75) is 25.3 Å². The minimum atomic E-state index is -0.313. The predicted octanol–water partition coefficient (Wildman–Crippen LogP) is 2.54. The summed E-state index contributed by atoms with van der Waals surface area (Å²) >= 11 is 0. The highest BCUT2D eigenvalue weighted by Crippen LogP contribution is 2.34. The highest BCUT2D eigenvalue weighted by atomic mass is 19.1. The molecular formula is C14H18FN3. The smallest absolute Gasteiger partial charge is 0.126 e. The number of halogens is 1. The average Bonchev–Trinajstić information content (AvgIpc) is 2.75. The molecule has 4 heteroatoms. The van der Waals surface area contributed by atoms with E-state index in [0.29, 0.717) is 0 Å². The van der Waals surface area contributed by atoms with Crippen molar-refractivity contribution in [3.8, 4) is 0 Å². The molecule has 2 rings (SSSR count). The number of rotatable bonds is 3. The third-order valence-corrected chi connectivity index (χ3v) is 3.50. The largest absolute Gasteiger partial charge is 0.337 e. The number of nitrogens with zero attached hydrogens (tertiary/aromatic N) is 2. The Labute approximate surface area is 106 Å². The Hall–Kier alpha value is -1.68. The van der Waals surface area contributed by atoms with Crippen LogP contribution in [0.25, 0.3) is 0 Å². The number of hydrogen-bond acceptors (Lipinski definition) is 2. The van der Waals surface area contributed by atoms with Gasteiger partial charge in [0.2, 0.25) is 0 Å². The van der Waals surface area contributed by atoms with Gasteiger partial charge in [0.25, 0.3) is 0 Å². The quantitative estimate of drug-likeness (QED) is 0.905. The van der Waals surface area contributed by atoms with Crippen LogP contribution in [0.4, 0.5) is 4.39 Å². The van der Waals surface area contributed by atoms with Crippen LogP contribution in [0.5, 0.6) is 0 Å². The van der Waals surface area contributed by atoms with Crippen molar-refractivity contribution in [1.29, 1.82) is 0 Å². The molecule has 0 aliphatic rings. The van der Waals surface area contributed by atoms with Crippen LogP contribution in [0, 0.1) is 5.82 Å². The van der Waals surface area contributed by atoms with E-state index in [1.165, 1.54) is 12.1 Å². The highest BCUT2D eigenvalue weighted by molar-refractivity contribution is 5.28. The average molecular weight is 247 g/mol. The number of imidazole rings is 1. The summed E-state index contributed by atoms with van der Waals surface area (Å²) in [5, 5.41) is 0. The molecule has 2 aromatic rings. The van der Waals surface area contributed by atoms with Crippen LogP contribution in [0.2, 0.25) is 0 Å². The van der Waals surface area contributed by atoms with Crippen LogP contribution in [0.3, 0.4) is 0 Å². The molecule has 0 spiro atoms. The van der Waals surface area contributed by atoms with Gasteiger partial charge in [0.15, 0.2) is 0 Å². The Kier molecular flexibility index (Phi) is 3.22. The Morgan fingerprint density at radius 1 is 1.28 bits per heavy atom. The number of benzene rings is 1. The minimum Gasteiger partial charge on any atom is -0.337 e. The Morgan fingerprint density at radius 2 is 1.89 bits per heavy atom. The molecule has 1 aromatic carbocycles. The standard InChI is InChI=1S/C14H18FN3/c1-14(2,10-4-6-11(15)7-5-10)12(16)13-17-8-9-18(13)3/h4-9,12H,16H2,1-3H3. The van der Waals surface area contributed by atoms with Crippen molar-refractivity contribution in [3.63, 3.8) is 0 Å². The molecule has 96 valence electrons. The maximum absolute atomic E-state index is 13.0. The van der Waals surface area contributed by atoms with E-state index in [2.05, 4.69) is 4.98 Å². The van der Waals surface area contributed by atoms with Gasteiger partial charge in [-0.05, 0) is 17.7 Å². The Bertz CT molecular complexity index is 528. The van der Waals surface area contributed by atoms with Gasteiger partial charge in [0.1, 0.15) is 11.6 Å². The summed E-state index contributed by atoms with van der Waals surface area (Å²) in [4.78, 5) is 4.29. The summed E-state index contributed by atoms with van der Waals surface area (Å²) in [5.74, 6) is 0.587. The number of aromatic nitrogens is 2. The summed E-state index contributed by atoms with van der Waals surface area (Å²) < 4.78 is 14.9. The molecular weight excluding hydrogens is 229 g/mol. The normalized spacial score (nSPS) is 13.6. The highest BCUT2D eigenvalue weighted by Gasteiger charge is 2.32. The number of aryl methyl sites for hydroxylation is 1. The molecule has 18 heavy (non-hydrogen) atoms. The van der Waals surface area contributed by atoms with Gasteiger partial charge in [-0.3, -0.25) is 0 Å². The molecule has 0 bridgehead atoms. The SMILES string of the molecule is Cn1ccnc1C(N)C(C)(C)c1ccc(F)cc1. The minimum absolute atomic E-state index is 0.236. The van der Waals surface area contributed by atoms with Gasteiger partial charge < -0.3 is 10.3 Å². The maximum atomic E-state index is 13.0. The molecule has 0 aliphatic heterocycles. The second kappa shape index (κ2) is 4.53. The van der Waals surface area contributed by atoms with Crippen molar-refractivity contribution in [2.75, 3.05) is 0 Å². The Balaban J connectivity index is 2.36. The molecule has 0 aliphatic carbocycles. The van der Waals surface area contributed by atoms with Crippen molar-refractivity contribution < 1.29 is 4.39 Å². The topological polar surface area (TPSA) is 43.8 Å². The first-order valence-electron chi connectivity index (χ1n) is 5.92. The predicted molar refractivity (Wildman–Crippen MR) is 69.6 cm³/mol. The lowest BCUT2D eigenvalue weighted by Gasteiger charge is -2.31. The third kappa shape index (κ3) is 2.16. The van der Waals surface area contributed by atoms with Crippen LogP contribution >= 0.6 is 0 Å². The van der Waals surface area contributed by atoms with Crippen LogP contribution in [-0.4, -0.2) is 9.55 Å². The molecule has 1 atom stereocenters. The van der Waals surface area contributed by atoms with Gasteiger partial charge in [0.05, 0.1) is 6.04 Å². The van der Waals surface area contributed by atoms with Gasteiger partial charge >= 0.3 is 0 Å². The fraction of sp³-hybridized carbons (Fsp3) is 0.357. The molecule has 1 unspecified atom stereocenters. The molecule has 2 N–H and O–H groups in total. The van der Waals surface area contributed by atoms with E-state index < -0.39 is 0 Å². The van der Waals surface area contributed by atoms with Crippen LogP contribution < -0.4 is 5.73 Å². The lowest BCUT2D eigenvalue weighted by atomic mass is 9.77. The van der Waals surface area contributed by atoms with E-state index >= 15 is 0 Å². The Morgan fingerprint density at radius 3 is 2.39 bits per heavy atom. The van der Waals surface area contributed by atoms with Gasteiger partial charge in [-0.1, -0.05) is 26.0 Å². The molecule has 0 fully saturated rings. The molecule has 0 radical (unpaired) electrons. The second-order valence-corrected chi connectivity index (χ2v) is 5.10. The molecule has 1 heterocycles. The van der Waals surface area contributed by atoms with E-state index in [1.807, 2.05) is 31.7 Å². The third-order valence-electron chi connectivity index (χ3n) is 3.50. The summed E-state index contributed by atoms with van der Waals surface area (Å²) in [7, 11) is 1.92. The van der Waals surface area contributed by atoms with Crippen molar-refractivity contribution in [1.82, 2.24) is 9.55 Å². The second-order valence-electron chi connectivity index (χ2n) is 5.10. The molecule has 1 aromatic heterocycles.